The van der Waals surface area contributed by atoms with E-state index in [4.69, 9.17) is 9.47 Å². The van der Waals surface area contributed by atoms with Crippen LogP contribution in [-0.2, 0) is 14.3 Å². The Morgan fingerprint density at radius 3 is 2.73 bits per heavy atom. The maximum Gasteiger partial charge on any atom is 0.305 e. The van der Waals surface area contributed by atoms with E-state index in [2.05, 4.69) is 27.2 Å². The molecule has 1 saturated heterocycles. The maximum absolute atomic E-state index is 12.0. The molecule has 0 spiro atoms. The smallest absolute Gasteiger partial charge is 0.305 e. The van der Waals surface area contributed by atoms with Gasteiger partial charge in [0.05, 0.1) is 6.33 Å². The Labute approximate surface area is 193 Å². The Kier molecular flexibility index (Phi) is 8.11. The third kappa shape index (κ3) is 5.62. The van der Waals surface area contributed by atoms with Crippen molar-refractivity contribution in [3.05, 3.63) is 12.7 Å². The van der Waals surface area contributed by atoms with Gasteiger partial charge in [-0.3, -0.25) is 9.36 Å². The van der Waals surface area contributed by atoms with Gasteiger partial charge in [-0.05, 0) is 19.3 Å². The molecule has 1 aliphatic heterocycles. The molecule has 10 nitrogen and oxygen atoms in total. The summed E-state index contributed by atoms with van der Waals surface area (Å²) in [7, 11) is 0. The highest BCUT2D eigenvalue weighted by Gasteiger charge is 2.45. The van der Waals surface area contributed by atoms with Gasteiger partial charge in [-0.15, -0.1) is 0 Å². The van der Waals surface area contributed by atoms with E-state index in [1.807, 2.05) is 0 Å². The minimum atomic E-state index is -1.21. The van der Waals surface area contributed by atoms with E-state index >= 15 is 0 Å². The van der Waals surface area contributed by atoms with Crippen LogP contribution in [0.3, 0.4) is 0 Å². The molecule has 1 aliphatic carbocycles. The molecule has 0 aromatic carbocycles. The molecule has 2 aromatic heterocycles. The standard InChI is InChI=1S/C23H35N5O5/c1-2-3-4-5-6-11-17(29)32-12-16-19(30)20(31)23(33-16)28-14-26-18-21(24-13-25-22(18)28)27-15-9-7-8-10-15/h13-16,19-20,23,30-31H,2-12H2,1H3,(H,24,25,27)/t16-,19-,20-,23?/m1/s1. The van der Waals surface area contributed by atoms with E-state index < -0.39 is 24.5 Å². The molecule has 0 bridgehead atoms. The van der Waals surface area contributed by atoms with Crippen LogP contribution >= 0.6 is 0 Å². The Bertz CT molecular complexity index is 916. The minimum Gasteiger partial charge on any atom is -0.463 e. The first-order chi connectivity index (χ1) is 16.1. The van der Waals surface area contributed by atoms with E-state index in [9.17, 15) is 15.0 Å². The summed E-state index contributed by atoms with van der Waals surface area (Å²) in [6, 6.07) is 0.370. The fraction of sp³-hybridized carbons (Fsp3) is 0.739. The summed E-state index contributed by atoms with van der Waals surface area (Å²) in [5.41, 5.74) is 1.10. The number of aromatic nitrogens is 4. The van der Waals surface area contributed by atoms with Crippen LogP contribution in [0.4, 0.5) is 5.82 Å². The molecule has 182 valence electrons. The van der Waals surface area contributed by atoms with Gasteiger partial charge < -0.3 is 25.0 Å². The van der Waals surface area contributed by atoms with Gasteiger partial charge in [0.25, 0.3) is 0 Å². The zero-order valence-corrected chi connectivity index (χ0v) is 19.2. The molecular formula is C23H35N5O5. The van der Waals surface area contributed by atoms with Crippen molar-refractivity contribution in [1.29, 1.82) is 0 Å². The topological polar surface area (TPSA) is 132 Å². The van der Waals surface area contributed by atoms with Crippen LogP contribution in [0.2, 0.25) is 0 Å². The fourth-order valence-electron chi connectivity index (χ4n) is 4.62. The van der Waals surface area contributed by atoms with E-state index in [1.165, 1.54) is 31.9 Å². The van der Waals surface area contributed by atoms with Crippen LogP contribution in [0.15, 0.2) is 12.7 Å². The molecule has 3 N–H and O–H groups in total. The summed E-state index contributed by atoms with van der Waals surface area (Å²) in [4.78, 5) is 25.1. The summed E-state index contributed by atoms with van der Waals surface area (Å²) in [6.45, 7) is 2.04. The molecule has 1 unspecified atom stereocenters. The monoisotopic (exact) mass is 461 g/mol. The Hall–Kier alpha value is -2.30. The highest BCUT2D eigenvalue weighted by atomic mass is 16.6. The second-order valence-corrected chi connectivity index (χ2v) is 9.07. The molecule has 3 heterocycles. The van der Waals surface area contributed by atoms with Crippen LogP contribution in [-0.4, -0.2) is 66.7 Å². The van der Waals surface area contributed by atoms with Gasteiger partial charge in [-0.1, -0.05) is 45.4 Å². The lowest BCUT2D eigenvalue weighted by atomic mass is 10.1. The number of aliphatic hydroxyl groups is 2. The number of hydrogen-bond acceptors (Lipinski definition) is 9. The predicted molar refractivity (Wildman–Crippen MR) is 121 cm³/mol. The molecule has 2 aromatic rings. The van der Waals surface area contributed by atoms with Crippen molar-refractivity contribution in [3.8, 4) is 0 Å². The van der Waals surface area contributed by atoms with E-state index in [1.54, 1.807) is 4.57 Å². The van der Waals surface area contributed by atoms with Crippen LogP contribution < -0.4 is 5.32 Å². The highest BCUT2D eigenvalue weighted by Crippen LogP contribution is 2.33. The molecule has 2 aliphatic rings. The summed E-state index contributed by atoms with van der Waals surface area (Å²) >= 11 is 0. The van der Waals surface area contributed by atoms with E-state index in [0.717, 1.165) is 38.5 Å². The molecule has 33 heavy (non-hydrogen) atoms. The number of rotatable bonds is 11. The molecule has 1 saturated carbocycles. The van der Waals surface area contributed by atoms with Crippen LogP contribution in [0, 0.1) is 0 Å². The van der Waals surface area contributed by atoms with Gasteiger partial charge >= 0.3 is 5.97 Å². The lowest BCUT2D eigenvalue weighted by molar-refractivity contribution is -0.150. The number of fused-ring (bicyclic) bond motifs is 1. The largest absolute Gasteiger partial charge is 0.463 e. The number of aliphatic hydroxyl groups excluding tert-OH is 2. The van der Waals surface area contributed by atoms with E-state index in [0.29, 0.717) is 29.4 Å². The Morgan fingerprint density at radius 1 is 1.15 bits per heavy atom. The predicted octanol–water partition coefficient (Wildman–Crippen LogP) is 2.70. The normalized spacial score (nSPS) is 25.7. The average Bonchev–Trinajstić information content (AvgIpc) is 3.54. The van der Waals surface area contributed by atoms with Crippen LogP contribution in [0.5, 0.6) is 0 Å². The fourth-order valence-corrected chi connectivity index (χ4v) is 4.62. The SMILES string of the molecule is CCCCCCCC(=O)OC[C@H]1OC(n2cnc3c(NC4CCCC4)ncnc32)[C@H](O)[C@@H]1O. The molecule has 2 fully saturated rings. The van der Waals surface area contributed by atoms with Gasteiger partial charge in [0.1, 0.15) is 31.2 Å². The third-order valence-corrected chi connectivity index (χ3v) is 6.56. The zero-order valence-electron chi connectivity index (χ0n) is 19.2. The van der Waals surface area contributed by atoms with Gasteiger partial charge in [0, 0.05) is 12.5 Å². The summed E-state index contributed by atoms with van der Waals surface area (Å²) in [6.07, 6.45) is 9.03. The number of unbranched alkanes of at least 4 members (excludes halogenated alkanes) is 4. The third-order valence-electron chi connectivity index (χ3n) is 6.56. The maximum atomic E-state index is 12.0. The second kappa shape index (κ2) is 11.2. The van der Waals surface area contributed by atoms with Crippen molar-refractivity contribution in [3.63, 3.8) is 0 Å². The average molecular weight is 462 g/mol. The summed E-state index contributed by atoms with van der Waals surface area (Å²) < 4.78 is 12.8. The summed E-state index contributed by atoms with van der Waals surface area (Å²) in [5, 5.41) is 24.5. The number of nitrogens with one attached hydrogen (secondary N) is 1. The molecule has 0 radical (unpaired) electrons. The highest BCUT2D eigenvalue weighted by molar-refractivity contribution is 5.82. The van der Waals surface area contributed by atoms with Gasteiger partial charge in [-0.2, -0.15) is 0 Å². The van der Waals surface area contributed by atoms with Gasteiger partial charge in [-0.25, -0.2) is 15.0 Å². The number of imidazole rings is 1. The van der Waals surface area contributed by atoms with Crippen LogP contribution in [0.1, 0.15) is 77.4 Å². The number of carbonyl (C=O) groups is 1. The quantitative estimate of drug-likeness (QED) is 0.341. The first-order valence-corrected chi connectivity index (χ1v) is 12.2. The zero-order chi connectivity index (χ0) is 23.2. The van der Waals surface area contributed by atoms with Crippen molar-refractivity contribution in [1.82, 2.24) is 19.5 Å². The molecule has 10 heteroatoms. The van der Waals surface area contributed by atoms with Gasteiger partial charge in [0.2, 0.25) is 0 Å². The van der Waals surface area contributed by atoms with Crippen molar-refractivity contribution < 1.29 is 24.5 Å². The molecule has 0 amide bonds. The Balaban J connectivity index is 1.36. The van der Waals surface area contributed by atoms with Crippen molar-refractivity contribution in [2.24, 2.45) is 0 Å². The van der Waals surface area contributed by atoms with E-state index in [-0.39, 0.29) is 12.6 Å². The minimum absolute atomic E-state index is 0.112. The molecular weight excluding hydrogens is 426 g/mol. The molecule has 4 rings (SSSR count). The lowest BCUT2D eigenvalue weighted by Crippen LogP contribution is -2.34. The number of hydrogen-bond donors (Lipinski definition) is 3. The van der Waals surface area contributed by atoms with Gasteiger partial charge in [0.15, 0.2) is 23.2 Å². The second-order valence-electron chi connectivity index (χ2n) is 9.07. The first-order valence-electron chi connectivity index (χ1n) is 12.2. The van der Waals surface area contributed by atoms with Crippen molar-refractivity contribution in [2.75, 3.05) is 11.9 Å². The van der Waals surface area contributed by atoms with Crippen LogP contribution in [0.25, 0.3) is 11.2 Å². The number of ether oxygens (including phenoxy) is 2. The lowest BCUT2D eigenvalue weighted by Gasteiger charge is -2.17. The van der Waals surface area contributed by atoms with Crippen molar-refractivity contribution in [2.45, 2.75) is 102 Å². The number of esters is 1. The molecule has 4 atom stereocenters. The first kappa shape index (κ1) is 23.8. The number of nitrogens with zero attached hydrogens (tertiary/aromatic N) is 4. The number of carbonyl (C=O) groups excluding carboxylic acids is 1. The Morgan fingerprint density at radius 2 is 1.94 bits per heavy atom. The number of anilines is 1. The summed E-state index contributed by atoms with van der Waals surface area (Å²) in [5.74, 6) is 0.340. The van der Waals surface area contributed by atoms with Crippen molar-refractivity contribution >= 4 is 23.0 Å².